The molecule has 1 aromatic heterocycles. The van der Waals surface area contributed by atoms with Gasteiger partial charge in [0.1, 0.15) is 5.82 Å². The molecule has 96 valence electrons. The summed E-state index contributed by atoms with van der Waals surface area (Å²) in [6.07, 6.45) is 0.857. The standard InChI is InChI=1S/C11H19N3OS2/c1-10(2,3)8-13-9(17-14-8)12-6-11(15)4-5-16-7-11/h15H,4-7H2,1-3H3,(H,12,13,14). The Bertz CT molecular complexity index is 380. The van der Waals surface area contributed by atoms with Crippen LogP contribution in [-0.2, 0) is 5.41 Å². The molecule has 0 bridgehead atoms. The Kier molecular flexibility index (Phi) is 3.66. The quantitative estimate of drug-likeness (QED) is 0.883. The number of aliphatic hydroxyl groups is 1. The van der Waals surface area contributed by atoms with Crippen molar-refractivity contribution in [1.29, 1.82) is 0 Å². The minimum absolute atomic E-state index is 0.0173. The van der Waals surface area contributed by atoms with Gasteiger partial charge in [0.15, 0.2) is 0 Å². The van der Waals surface area contributed by atoms with E-state index in [-0.39, 0.29) is 5.41 Å². The smallest absolute Gasteiger partial charge is 0.202 e. The Hall–Kier alpha value is -0.330. The molecule has 0 spiro atoms. The normalized spacial score (nSPS) is 25.2. The van der Waals surface area contributed by atoms with Gasteiger partial charge in [-0.3, -0.25) is 0 Å². The topological polar surface area (TPSA) is 58.0 Å². The lowest BCUT2D eigenvalue weighted by atomic mass is 9.96. The first kappa shape index (κ1) is 13.1. The molecule has 1 saturated heterocycles. The molecule has 0 aliphatic carbocycles. The molecule has 2 heterocycles. The average molecular weight is 273 g/mol. The maximum absolute atomic E-state index is 10.2. The minimum atomic E-state index is -0.571. The minimum Gasteiger partial charge on any atom is -0.387 e. The van der Waals surface area contributed by atoms with Gasteiger partial charge in [-0.05, 0) is 12.2 Å². The van der Waals surface area contributed by atoms with Crippen LogP contribution in [0.4, 0.5) is 5.13 Å². The summed E-state index contributed by atoms with van der Waals surface area (Å²) in [7, 11) is 0. The van der Waals surface area contributed by atoms with Crippen LogP contribution in [0.1, 0.15) is 33.0 Å². The van der Waals surface area contributed by atoms with Crippen LogP contribution in [0.15, 0.2) is 0 Å². The predicted molar refractivity (Wildman–Crippen MR) is 74.0 cm³/mol. The van der Waals surface area contributed by atoms with E-state index in [0.29, 0.717) is 6.54 Å². The fourth-order valence-electron chi connectivity index (χ4n) is 1.58. The summed E-state index contributed by atoms with van der Waals surface area (Å²) in [6, 6.07) is 0. The highest BCUT2D eigenvalue weighted by molar-refractivity contribution is 7.99. The zero-order valence-corrected chi connectivity index (χ0v) is 12.1. The third-order valence-corrected chi connectivity index (χ3v) is 4.66. The van der Waals surface area contributed by atoms with Crippen molar-refractivity contribution in [3.05, 3.63) is 5.82 Å². The largest absolute Gasteiger partial charge is 0.387 e. The van der Waals surface area contributed by atoms with Gasteiger partial charge in [-0.15, -0.1) is 0 Å². The third-order valence-electron chi connectivity index (χ3n) is 2.75. The Morgan fingerprint density at radius 1 is 1.47 bits per heavy atom. The number of rotatable bonds is 3. The molecule has 1 aliphatic rings. The second-order valence-corrected chi connectivity index (χ2v) is 7.41. The van der Waals surface area contributed by atoms with Gasteiger partial charge in [0.05, 0.1) is 5.60 Å². The summed E-state index contributed by atoms with van der Waals surface area (Å²) in [5.41, 5.74) is -0.589. The monoisotopic (exact) mass is 273 g/mol. The summed E-state index contributed by atoms with van der Waals surface area (Å²) >= 11 is 3.17. The van der Waals surface area contributed by atoms with E-state index < -0.39 is 5.60 Å². The van der Waals surface area contributed by atoms with E-state index in [1.165, 1.54) is 11.5 Å². The highest BCUT2D eigenvalue weighted by Gasteiger charge is 2.31. The van der Waals surface area contributed by atoms with Crippen molar-refractivity contribution in [3.8, 4) is 0 Å². The molecule has 6 heteroatoms. The van der Waals surface area contributed by atoms with Crippen molar-refractivity contribution >= 4 is 28.4 Å². The van der Waals surface area contributed by atoms with Gasteiger partial charge >= 0.3 is 0 Å². The number of anilines is 1. The van der Waals surface area contributed by atoms with E-state index >= 15 is 0 Å². The highest BCUT2D eigenvalue weighted by Crippen LogP contribution is 2.29. The molecule has 1 aromatic rings. The molecule has 17 heavy (non-hydrogen) atoms. The number of nitrogens with one attached hydrogen (secondary N) is 1. The van der Waals surface area contributed by atoms with Crippen molar-refractivity contribution in [2.24, 2.45) is 0 Å². The summed E-state index contributed by atoms with van der Waals surface area (Å²) < 4.78 is 4.34. The van der Waals surface area contributed by atoms with Crippen LogP contribution in [-0.4, -0.2) is 38.1 Å². The molecule has 1 unspecified atom stereocenters. The third kappa shape index (κ3) is 3.33. The van der Waals surface area contributed by atoms with Crippen molar-refractivity contribution in [2.75, 3.05) is 23.4 Å². The summed E-state index contributed by atoms with van der Waals surface area (Å²) in [5, 5.41) is 14.2. The van der Waals surface area contributed by atoms with Gasteiger partial charge in [0, 0.05) is 29.2 Å². The van der Waals surface area contributed by atoms with Gasteiger partial charge in [0.25, 0.3) is 0 Å². The Morgan fingerprint density at radius 3 is 2.76 bits per heavy atom. The number of hydrogen-bond acceptors (Lipinski definition) is 6. The lowest BCUT2D eigenvalue weighted by molar-refractivity contribution is 0.0820. The fraction of sp³-hybridized carbons (Fsp3) is 0.818. The second kappa shape index (κ2) is 4.74. The zero-order chi connectivity index (χ0) is 12.5. The maximum Gasteiger partial charge on any atom is 0.202 e. The van der Waals surface area contributed by atoms with E-state index in [1.54, 1.807) is 11.8 Å². The second-order valence-electron chi connectivity index (χ2n) is 5.55. The average Bonchev–Trinajstić information content (AvgIpc) is 2.83. The molecule has 0 saturated carbocycles. The van der Waals surface area contributed by atoms with Crippen molar-refractivity contribution in [2.45, 2.75) is 38.2 Å². The van der Waals surface area contributed by atoms with Crippen LogP contribution in [0, 0.1) is 0 Å². The van der Waals surface area contributed by atoms with Crippen LogP contribution < -0.4 is 5.32 Å². The van der Waals surface area contributed by atoms with Gasteiger partial charge in [-0.25, -0.2) is 4.98 Å². The Balaban J connectivity index is 1.93. The summed E-state index contributed by atoms with van der Waals surface area (Å²) in [5.74, 6) is 2.71. The molecular weight excluding hydrogens is 254 g/mol. The summed E-state index contributed by atoms with van der Waals surface area (Å²) in [6.45, 7) is 6.86. The lowest BCUT2D eigenvalue weighted by Crippen LogP contribution is -2.36. The first-order valence-corrected chi connectivity index (χ1v) is 7.70. The van der Waals surface area contributed by atoms with Crippen LogP contribution in [0.3, 0.4) is 0 Å². The maximum atomic E-state index is 10.2. The Labute approximate surface area is 110 Å². The van der Waals surface area contributed by atoms with Gasteiger partial charge in [0.2, 0.25) is 5.13 Å². The van der Waals surface area contributed by atoms with Crippen molar-refractivity contribution in [3.63, 3.8) is 0 Å². The van der Waals surface area contributed by atoms with E-state index in [0.717, 1.165) is 28.9 Å². The van der Waals surface area contributed by atoms with Gasteiger partial charge < -0.3 is 10.4 Å². The zero-order valence-electron chi connectivity index (χ0n) is 10.5. The van der Waals surface area contributed by atoms with E-state index in [2.05, 4.69) is 35.4 Å². The molecule has 1 fully saturated rings. The van der Waals surface area contributed by atoms with Gasteiger partial charge in [-0.2, -0.15) is 16.1 Å². The SMILES string of the molecule is CC(C)(C)c1nsc(NCC2(O)CCSC2)n1. The number of nitrogens with zero attached hydrogens (tertiary/aromatic N) is 2. The highest BCUT2D eigenvalue weighted by atomic mass is 32.2. The van der Waals surface area contributed by atoms with E-state index in [1.807, 2.05) is 0 Å². The Morgan fingerprint density at radius 2 is 2.24 bits per heavy atom. The number of hydrogen-bond donors (Lipinski definition) is 2. The number of thioether (sulfide) groups is 1. The molecule has 2 N–H and O–H groups in total. The lowest BCUT2D eigenvalue weighted by Gasteiger charge is -2.21. The fourth-order valence-corrected chi connectivity index (χ4v) is 3.62. The molecule has 0 amide bonds. The first-order valence-electron chi connectivity index (χ1n) is 5.77. The molecule has 0 radical (unpaired) electrons. The molecule has 4 nitrogen and oxygen atoms in total. The summed E-state index contributed by atoms with van der Waals surface area (Å²) in [4.78, 5) is 4.45. The van der Waals surface area contributed by atoms with E-state index in [9.17, 15) is 5.11 Å². The molecular formula is C11H19N3OS2. The molecule has 1 atom stereocenters. The predicted octanol–water partition coefficient (Wildman–Crippen LogP) is 2.12. The molecule has 0 aromatic carbocycles. The van der Waals surface area contributed by atoms with Crippen LogP contribution in [0.2, 0.25) is 0 Å². The van der Waals surface area contributed by atoms with Crippen LogP contribution >= 0.6 is 23.3 Å². The van der Waals surface area contributed by atoms with E-state index in [4.69, 9.17) is 0 Å². The first-order chi connectivity index (χ1) is 7.89. The van der Waals surface area contributed by atoms with Crippen LogP contribution in [0.5, 0.6) is 0 Å². The molecule has 1 aliphatic heterocycles. The van der Waals surface area contributed by atoms with Crippen molar-refractivity contribution in [1.82, 2.24) is 9.36 Å². The van der Waals surface area contributed by atoms with Crippen molar-refractivity contribution < 1.29 is 5.11 Å². The number of aromatic nitrogens is 2. The molecule has 2 rings (SSSR count). The van der Waals surface area contributed by atoms with Gasteiger partial charge in [-0.1, -0.05) is 20.8 Å². The van der Waals surface area contributed by atoms with Crippen LogP contribution in [0.25, 0.3) is 0 Å².